The standard InChI is InChI=1S/C12H24N2O/c1-3-5-8-13(4-2)11-12(15)14-9-6-7-10-14/h3-11H2,1-2H3. The highest BCUT2D eigenvalue weighted by molar-refractivity contribution is 5.78. The largest absolute Gasteiger partial charge is 0.342 e. The normalized spacial score (nSPS) is 16.3. The van der Waals surface area contributed by atoms with Gasteiger partial charge in [0.05, 0.1) is 6.54 Å². The van der Waals surface area contributed by atoms with Gasteiger partial charge in [-0.1, -0.05) is 20.3 Å². The van der Waals surface area contributed by atoms with E-state index in [1.165, 1.54) is 25.7 Å². The van der Waals surface area contributed by atoms with E-state index in [-0.39, 0.29) is 0 Å². The van der Waals surface area contributed by atoms with Crippen LogP contribution in [0.25, 0.3) is 0 Å². The van der Waals surface area contributed by atoms with Gasteiger partial charge < -0.3 is 4.90 Å². The summed E-state index contributed by atoms with van der Waals surface area (Å²) >= 11 is 0. The van der Waals surface area contributed by atoms with E-state index in [0.29, 0.717) is 12.5 Å². The maximum Gasteiger partial charge on any atom is 0.236 e. The molecule has 0 unspecified atom stereocenters. The predicted molar refractivity (Wildman–Crippen MR) is 62.8 cm³/mol. The Morgan fingerprint density at radius 1 is 1.27 bits per heavy atom. The van der Waals surface area contributed by atoms with Gasteiger partial charge in [0.15, 0.2) is 0 Å². The second kappa shape index (κ2) is 6.83. The molecule has 1 heterocycles. The first kappa shape index (κ1) is 12.5. The quantitative estimate of drug-likeness (QED) is 0.669. The SMILES string of the molecule is CCCCN(CC)CC(=O)N1CCCC1. The highest BCUT2D eigenvalue weighted by Gasteiger charge is 2.19. The summed E-state index contributed by atoms with van der Waals surface area (Å²) in [6.07, 6.45) is 4.77. The molecule has 1 aliphatic heterocycles. The molecule has 0 aliphatic carbocycles. The van der Waals surface area contributed by atoms with Crippen molar-refractivity contribution in [1.29, 1.82) is 0 Å². The van der Waals surface area contributed by atoms with Crippen molar-refractivity contribution < 1.29 is 4.79 Å². The maximum atomic E-state index is 11.9. The fourth-order valence-electron chi connectivity index (χ4n) is 1.99. The molecule has 0 aromatic carbocycles. The summed E-state index contributed by atoms with van der Waals surface area (Å²) < 4.78 is 0. The molecular formula is C12H24N2O. The molecule has 0 atom stereocenters. The number of carbonyl (C=O) groups is 1. The van der Waals surface area contributed by atoms with Gasteiger partial charge in [-0.2, -0.15) is 0 Å². The molecule has 1 aliphatic rings. The van der Waals surface area contributed by atoms with Crippen molar-refractivity contribution in [3.05, 3.63) is 0 Å². The van der Waals surface area contributed by atoms with Crippen LogP contribution in [0.15, 0.2) is 0 Å². The molecule has 0 N–H and O–H groups in total. The molecule has 1 rings (SSSR count). The van der Waals surface area contributed by atoms with E-state index in [0.717, 1.165) is 26.2 Å². The van der Waals surface area contributed by atoms with Crippen LogP contribution in [0.4, 0.5) is 0 Å². The molecule has 15 heavy (non-hydrogen) atoms. The minimum absolute atomic E-state index is 0.324. The van der Waals surface area contributed by atoms with Crippen molar-refractivity contribution in [3.8, 4) is 0 Å². The lowest BCUT2D eigenvalue weighted by Crippen LogP contribution is -2.39. The first-order valence-corrected chi connectivity index (χ1v) is 6.28. The molecule has 0 bridgehead atoms. The summed E-state index contributed by atoms with van der Waals surface area (Å²) in [5.74, 6) is 0.324. The number of rotatable bonds is 6. The molecule has 3 heteroatoms. The van der Waals surface area contributed by atoms with Gasteiger partial charge >= 0.3 is 0 Å². The van der Waals surface area contributed by atoms with Crippen LogP contribution in [-0.2, 0) is 4.79 Å². The molecule has 88 valence electrons. The first-order chi connectivity index (χ1) is 7.27. The zero-order valence-electron chi connectivity index (χ0n) is 10.2. The molecule has 0 aromatic heterocycles. The Morgan fingerprint density at radius 2 is 1.93 bits per heavy atom. The molecule has 0 radical (unpaired) electrons. The van der Waals surface area contributed by atoms with Gasteiger partial charge in [-0.05, 0) is 32.4 Å². The molecule has 1 saturated heterocycles. The van der Waals surface area contributed by atoms with Gasteiger partial charge in [-0.15, -0.1) is 0 Å². The Hall–Kier alpha value is -0.570. The summed E-state index contributed by atoms with van der Waals surface area (Å²) in [7, 11) is 0. The first-order valence-electron chi connectivity index (χ1n) is 6.28. The Bertz CT molecular complexity index is 188. The second-order valence-corrected chi connectivity index (χ2v) is 4.31. The van der Waals surface area contributed by atoms with E-state index in [1.807, 2.05) is 4.90 Å². The third kappa shape index (κ3) is 4.20. The van der Waals surface area contributed by atoms with Crippen molar-refractivity contribution in [2.24, 2.45) is 0 Å². The Kier molecular flexibility index (Phi) is 5.69. The van der Waals surface area contributed by atoms with Gasteiger partial charge in [-0.25, -0.2) is 0 Å². The molecule has 0 spiro atoms. The van der Waals surface area contributed by atoms with Crippen LogP contribution in [0.3, 0.4) is 0 Å². The highest BCUT2D eigenvalue weighted by atomic mass is 16.2. The van der Waals surface area contributed by atoms with Crippen LogP contribution in [0.1, 0.15) is 39.5 Å². The van der Waals surface area contributed by atoms with Gasteiger partial charge in [0, 0.05) is 13.1 Å². The monoisotopic (exact) mass is 212 g/mol. The van der Waals surface area contributed by atoms with Gasteiger partial charge in [0.25, 0.3) is 0 Å². The number of hydrogen-bond acceptors (Lipinski definition) is 2. The smallest absolute Gasteiger partial charge is 0.236 e. The summed E-state index contributed by atoms with van der Waals surface area (Å²) in [4.78, 5) is 16.1. The third-order valence-corrected chi connectivity index (χ3v) is 3.09. The molecule has 0 saturated carbocycles. The van der Waals surface area contributed by atoms with E-state index < -0.39 is 0 Å². The predicted octanol–water partition coefficient (Wildman–Crippen LogP) is 1.73. The molecule has 1 fully saturated rings. The lowest BCUT2D eigenvalue weighted by atomic mass is 10.3. The number of unbranched alkanes of at least 4 members (excludes halogenated alkanes) is 1. The van der Waals surface area contributed by atoms with Crippen LogP contribution in [0.5, 0.6) is 0 Å². The number of amides is 1. The lowest BCUT2D eigenvalue weighted by Gasteiger charge is -2.23. The molecule has 0 aromatic rings. The van der Waals surface area contributed by atoms with Crippen molar-refractivity contribution in [3.63, 3.8) is 0 Å². The van der Waals surface area contributed by atoms with Crippen molar-refractivity contribution in [2.45, 2.75) is 39.5 Å². The Balaban J connectivity index is 2.26. The van der Waals surface area contributed by atoms with Gasteiger partial charge in [-0.3, -0.25) is 9.69 Å². The number of likely N-dealkylation sites (N-methyl/N-ethyl adjacent to an activating group) is 1. The topological polar surface area (TPSA) is 23.6 Å². The van der Waals surface area contributed by atoms with Crippen molar-refractivity contribution in [2.75, 3.05) is 32.7 Å². The Morgan fingerprint density at radius 3 is 2.47 bits per heavy atom. The minimum Gasteiger partial charge on any atom is -0.342 e. The van der Waals surface area contributed by atoms with Crippen LogP contribution in [-0.4, -0.2) is 48.4 Å². The average Bonchev–Trinajstić information content (AvgIpc) is 2.77. The zero-order valence-corrected chi connectivity index (χ0v) is 10.2. The lowest BCUT2D eigenvalue weighted by molar-refractivity contribution is -0.131. The Labute approximate surface area is 93.4 Å². The second-order valence-electron chi connectivity index (χ2n) is 4.31. The summed E-state index contributed by atoms with van der Waals surface area (Å²) in [5.41, 5.74) is 0. The zero-order chi connectivity index (χ0) is 11.1. The fraction of sp³-hybridized carbons (Fsp3) is 0.917. The molecule has 3 nitrogen and oxygen atoms in total. The molecule has 1 amide bonds. The average molecular weight is 212 g/mol. The van der Waals surface area contributed by atoms with E-state index in [9.17, 15) is 4.79 Å². The van der Waals surface area contributed by atoms with E-state index in [2.05, 4.69) is 18.7 Å². The van der Waals surface area contributed by atoms with Gasteiger partial charge in [0.2, 0.25) is 5.91 Å². The number of likely N-dealkylation sites (tertiary alicyclic amines) is 1. The highest BCUT2D eigenvalue weighted by Crippen LogP contribution is 2.08. The van der Waals surface area contributed by atoms with E-state index >= 15 is 0 Å². The van der Waals surface area contributed by atoms with Gasteiger partial charge in [0.1, 0.15) is 0 Å². The summed E-state index contributed by atoms with van der Waals surface area (Å²) in [5, 5.41) is 0. The molecular weight excluding hydrogens is 188 g/mol. The maximum absolute atomic E-state index is 11.9. The van der Waals surface area contributed by atoms with E-state index in [4.69, 9.17) is 0 Å². The third-order valence-electron chi connectivity index (χ3n) is 3.09. The van der Waals surface area contributed by atoms with E-state index in [1.54, 1.807) is 0 Å². The van der Waals surface area contributed by atoms with Crippen LogP contribution >= 0.6 is 0 Å². The number of hydrogen-bond donors (Lipinski definition) is 0. The number of carbonyl (C=O) groups excluding carboxylic acids is 1. The number of nitrogens with zero attached hydrogens (tertiary/aromatic N) is 2. The van der Waals surface area contributed by atoms with Crippen LogP contribution in [0.2, 0.25) is 0 Å². The fourth-order valence-corrected chi connectivity index (χ4v) is 1.99. The summed E-state index contributed by atoms with van der Waals surface area (Å²) in [6, 6.07) is 0. The minimum atomic E-state index is 0.324. The van der Waals surface area contributed by atoms with Crippen LogP contribution < -0.4 is 0 Å². The van der Waals surface area contributed by atoms with Crippen LogP contribution in [0, 0.1) is 0 Å². The summed E-state index contributed by atoms with van der Waals surface area (Å²) in [6.45, 7) is 8.94. The van der Waals surface area contributed by atoms with Crippen molar-refractivity contribution >= 4 is 5.91 Å². The van der Waals surface area contributed by atoms with Crippen molar-refractivity contribution in [1.82, 2.24) is 9.80 Å².